The quantitative estimate of drug-likeness (QED) is 0.706. The van der Waals surface area contributed by atoms with Gasteiger partial charge in [-0.3, -0.25) is 4.79 Å². The van der Waals surface area contributed by atoms with E-state index < -0.39 is 0 Å². The fraction of sp³-hybridized carbons (Fsp3) is 0.143. The van der Waals surface area contributed by atoms with Crippen molar-refractivity contribution in [3.8, 4) is 0 Å². The van der Waals surface area contributed by atoms with Gasteiger partial charge < -0.3 is 10.2 Å². The summed E-state index contributed by atoms with van der Waals surface area (Å²) in [5.41, 5.74) is 4.13. The summed E-state index contributed by atoms with van der Waals surface area (Å²) in [6, 6.07) is 19.4. The van der Waals surface area contributed by atoms with Gasteiger partial charge in [0, 0.05) is 22.3 Å². The van der Waals surface area contributed by atoms with Crippen molar-refractivity contribution >= 4 is 34.7 Å². The van der Waals surface area contributed by atoms with Crippen LogP contribution in [0.25, 0.3) is 0 Å². The minimum Gasteiger partial charge on any atom is -0.337 e. The Kier molecular flexibility index (Phi) is 4.35. The van der Waals surface area contributed by atoms with Crippen molar-refractivity contribution in [3.05, 3.63) is 83.0 Å². The molecular formula is C21H18ClN3O. The van der Waals surface area contributed by atoms with Crippen molar-refractivity contribution < 1.29 is 4.79 Å². The molecular weight excluding hydrogens is 346 g/mol. The minimum atomic E-state index is -0.207. The highest BCUT2D eigenvalue weighted by Gasteiger charge is 2.26. The number of aromatic nitrogens is 1. The number of rotatable bonds is 3. The Balaban J connectivity index is 1.52. The fourth-order valence-electron chi connectivity index (χ4n) is 3.35. The first kappa shape index (κ1) is 16.6. The zero-order valence-corrected chi connectivity index (χ0v) is 15.1. The van der Waals surface area contributed by atoms with Gasteiger partial charge in [0.25, 0.3) is 5.91 Å². The molecule has 3 aromatic rings. The van der Waals surface area contributed by atoms with Gasteiger partial charge in [-0.1, -0.05) is 29.8 Å². The van der Waals surface area contributed by atoms with Crippen LogP contribution in [0, 0.1) is 0 Å². The maximum atomic E-state index is 12.3. The average Bonchev–Trinajstić information content (AvgIpc) is 2.99. The monoisotopic (exact) mass is 363 g/mol. The summed E-state index contributed by atoms with van der Waals surface area (Å²) < 4.78 is 0. The molecule has 0 radical (unpaired) electrons. The van der Waals surface area contributed by atoms with E-state index in [9.17, 15) is 4.79 Å². The summed E-state index contributed by atoms with van der Waals surface area (Å²) in [5.74, 6) is 0.315. The molecule has 1 atom stereocenters. The van der Waals surface area contributed by atoms with Gasteiger partial charge >= 0.3 is 0 Å². The molecule has 0 saturated heterocycles. The first-order valence-electron chi connectivity index (χ1n) is 8.52. The predicted octanol–water partition coefficient (Wildman–Crippen LogP) is 5.07. The molecule has 5 heteroatoms. The molecule has 1 aliphatic rings. The van der Waals surface area contributed by atoms with Crippen molar-refractivity contribution in [1.82, 2.24) is 4.98 Å². The van der Waals surface area contributed by atoms with Crippen molar-refractivity contribution in [3.63, 3.8) is 0 Å². The van der Waals surface area contributed by atoms with Crippen molar-refractivity contribution in [2.45, 2.75) is 19.4 Å². The summed E-state index contributed by atoms with van der Waals surface area (Å²) in [6.45, 7) is 2.20. The van der Waals surface area contributed by atoms with Crippen LogP contribution >= 0.6 is 11.6 Å². The van der Waals surface area contributed by atoms with Gasteiger partial charge in [-0.2, -0.15) is 0 Å². The minimum absolute atomic E-state index is 0.207. The highest BCUT2D eigenvalue weighted by Crippen LogP contribution is 2.37. The molecule has 4 nitrogen and oxygen atoms in total. The number of nitrogens with one attached hydrogen (secondary N) is 1. The molecule has 4 rings (SSSR count). The summed E-state index contributed by atoms with van der Waals surface area (Å²) in [4.78, 5) is 19.0. The third-order valence-electron chi connectivity index (χ3n) is 4.58. The summed E-state index contributed by atoms with van der Waals surface area (Å²) in [5, 5.41) is 3.42. The lowest BCUT2D eigenvalue weighted by Gasteiger charge is -2.24. The van der Waals surface area contributed by atoms with Crippen molar-refractivity contribution in [1.29, 1.82) is 0 Å². The van der Waals surface area contributed by atoms with E-state index in [2.05, 4.69) is 46.4 Å². The molecule has 2 heterocycles. The molecule has 0 spiro atoms. The predicted molar refractivity (Wildman–Crippen MR) is 105 cm³/mol. The van der Waals surface area contributed by atoms with Crippen LogP contribution in [0.1, 0.15) is 22.8 Å². The van der Waals surface area contributed by atoms with Crippen LogP contribution in [-0.4, -0.2) is 16.9 Å². The highest BCUT2D eigenvalue weighted by atomic mass is 35.5. The Bertz CT molecular complexity index is 938. The van der Waals surface area contributed by atoms with Gasteiger partial charge in [-0.25, -0.2) is 4.98 Å². The zero-order valence-electron chi connectivity index (χ0n) is 14.3. The molecule has 2 aromatic carbocycles. The van der Waals surface area contributed by atoms with Crippen molar-refractivity contribution in [2.24, 2.45) is 0 Å². The Hall–Kier alpha value is -2.85. The summed E-state index contributed by atoms with van der Waals surface area (Å²) in [7, 11) is 0. The number of halogens is 1. The molecule has 1 unspecified atom stereocenters. The zero-order chi connectivity index (χ0) is 18.1. The largest absolute Gasteiger partial charge is 0.337 e. The SMILES string of the molecule is CC1Cc2ccccc2N1c1ccc(NC(=O)c2ccc(Cl)cc2)nc1. The lowest BCUT2D eigenvalue weighted by molar-refractivity contribution is 0.102. The molecule has 0 bridgehead atoms. The molecule has 1 aromatic heterocycles. The van der Waals surface area contributed by atoms with Gasteiger partial charge in [0.2, 0.25) is 0 Å². The van der Waals surface area contributed by atoms with Crippen LogP contribution < -0.4 is 10.2 Å². The van der Waals surface area contributed by atoms with E-state index in [0.717, 1.165) is 12.1 Å². The van der Waals surface area contributed by atoms with E-state index in [4.69, 9.17) is 11.6 Å². The van der Waals surface area contributed by atoms with Crippen molar-refractivity contribution in [2.75, 3.05) is 10.2 Å². The second-order valence-electron chi connectivity index (χ2n) is 6.41. The third kappa shape index (κ3) is 3.16. The molecule has 1 amide bonds. The van der Waals surface area contributed by atoms with Gasteiger partial charge in [-0.05, 0) is 61.4 Å². The topological polar surface area (TPSA) is 45.2 Å². The van der Waals surface area contributed by atoms with Crippen LogP contribution in [0.4, 0.5) is 17.2 Å². The smallest absolute Gasteiger partial charge is 0.256 e. The van der Waals surface area contributed by atoms with Gasteiger partial charge in [-0.15, -0.1) is 0 Å². The number of fused-ring (bicyclic) bond motifs is 1. The maximum absolute atomic E-state index is 12.3. The van der Waals surface area contributed by atoms with Gasteiger partial charge in [0.05, 0.1) is 11.9 Å². The number of carbonyl (C=O) groups excluding carboxylic acids is 1. The average molecular weight is 364 g/mol. The van der Waals surface area contributed by atoms with Crippen LogP contribution in [0.2, 0.25) is 5.02 Å². The number of para-hydroxylation sites is 1. The molecule has 130 valence electrons. The van der Waals surface area contributed by atoms with Gasteiger partial charge in [0.15, 0.2) is 0 Å². The number of hydrogen-bond donors (Lipinski definition) is 1. The number of benzene rings is 2. The second kappa shape index (κ2) is 6.81. The maximum Gasteiger partial charge on any atom is 0.256 e. The first-order chi connectivity index (χ1) is 12.6. The van der Waals surface area contributed by atoms with Crippen LogP contribution in [-0.2, 0) is 6.42 Å². The van der Waals surface area contributed by atoms with E-state index in [0.29, 0.717) is 22.4 Å². The Labute approximate surface area is 157 Å². The van der Waals surface area contributed by atoms with E-state index in [1.54, 1.807) is 30.5 Å². The lowest BCUT2D eigenvalue weighted by Crippen LogP contribution is -2.24. The van der Waals surface area contributed by atoms with Gasteiger partial charge in [0.1, 0.15) is 5.82 Å². The Morgan fingerprint density at radius 2 is 1.88 bits per heavy atom. The second-order valence-corrected chi connectivity index (χ2v) is 6.85. The van der Waals surface area contributed by atoms with E-state index >= 15 is 0 Å². The summed E-state index contributed by atoms with van der Waals surface area (Å²) in [6.07, 6.45) is 2.82. The number of pyridine rings is 1. The fourth-order valence-corrected chi connectivity index (χ4v) is 3.48. The standard InChI is InChI=1S/C21H18ClN3O/c1-14-12-16-4-2-3-5-19(16)25(14)18-10-11-20(23-13-18)24-21(26)15-6-8-17(22)9-7-15/h2-11,13-14H,12H2,1H3,(H,23,24,26). The molecule has 1 N–H and O–H groups in total. The highest BCUT2D eigenvalue weighted by molar-refractivity contribution is 6.30. The third-order valence-corrected chi connectivity index (χ3v) is 4.83. The lowest BCUT2D eigenvalue weighted by atomic mass is 10.1. The molecule has 26 heavy (non-hydrogen) atoms. The van der Waals surface area contributed by atoms with Crippen LogP contribution in [0.3, 0.4) is 0 Å². The normalized spacial score (nSPS) is 15.6. The molecule has 0 fully saturated rings. The number of carbonyl (C=O) groups is 1. The summed E-state index contributed by atoms with van der Waals surface area (Å²) >= 11 is 5.86. The van der Waals surface area contributed by atoms with E-state index in [1.807, 2.05) is 12.1 Å². The van der Waals surface area contributed by atoms with E-state index in [-0.39, 0.29) is 5.91 Å². The number of hydrogen-bond acceptors (Lipinski definition) is 3. The number of nitrogens with zero attached hydrogens (tertiary/aromatic N) is 2. The van der Waals surface area contributed by atoms with Crippen LogP contribution in [0.5, 0.6) is 0 Å². The molecule has 0 saturated carbocycles. The Morgan fingerprint density at radius 3 is 2.62 bits per heavy atom. The van der Waals surface area contributed by atoms with Crippen LogP contribution in [0.15, 0.2) is 66.9 Å². The van der Waals surface area contributed by atoms with E-state index in [1.165, 1.54) is 11.3 Å². The number of anilines is 3. The molecule has 0 aliphatic carbocycles. The number of amides is 1. The molecule has 1 aliphatic heterocycles. The Morgan fingerprint density at radius 1 is 1.12 bits per heavy atom. The first-order valence-corrected chi connectivity index (χ1v) is 8.90.